The topological polar surface area (TPSA) is 38.6 Å². The Kier molecular flexibility index (Phi) is 4.12. The first-order valence-electron chi connectivity index (χ1n) is 6.73. The first-order chi connectivity index (χ1) is 9.29. The smallest absolute Gasteiger partial charge is 0.194 e. The van der Waals surface area contributed by atoms with Gasteiger partial charge in [-0.3, -0.25) is 4.40 Å². The third-order valence-corrected chi connectivity index (χ3v) is 5.66. The van der Waals surface area contributed by atoms with E-state index in [2.05, 4.69) is 35.1 Å². The maximum absolute atomic E-state index is 5.65. The Morgan fingerprint density at radius 3 is 3.26 bits per heavy atom. The molecule has 4 nitrogen and oxygen atoms in total. The lowest BCUT2D eigenvalue weighted by molar-refractivity contribution is 0.127. The van der Waals surface area contributed by atoms with Crippen LogP contribution in [0.2, 0.25) is 0 Å². The zero-order valence-corrected chi connectivity index (χ0v) is 12.9. The molecule has 2 atom stereocenters. The van der Waals surface area contributed by atoms with Crippen LogP contribution in [-0.2, 0) is 11.3 Å². The molecule has 3 rings (SSSR count). The minimum atomic E-state index is 0.330. The molecule has 1 fully saturated rings. The van der Waals surface area contributed by atoms with Crippen LogP contribution in [0.3, 0.4) is 0 Å². The van der Waals surface area contributed by atoms with Gasteiger partial charge in [-0.15, -0.1) is 11.3 Å². The van der Waals surface area contributed by atoms with E-state index >= 15 is 0 Å². The van der Waals surface area contributed by atoms with Gasteiger partial charge in [-0.25, -0.2) is 4.98 Å². The van der Waals surface area contributed by atoms with Crippen molar-refractivity contribution in [3.05, 3.63) is 17.3 Å². The van der Waals surface area contributed by atoms with E-state index in [-0.39, 0.29) is 0 Å². The average Bonchev–Trinajstić information content (AvgIpc) is 3.06. The largest absolute Gasteiger partial charge is 0.377 e. The van der Waals surface area contributed by atoms with Gasteiger partial charge in [0.05, 0.1) is 11.8 Å². The molecule has 3 heterocycles. The lowest BCUT2D eigenvalue weighted by Crippen LogP contribution is -2.16. The SMILES string of the molecule is CCNCc1c(SC2CCOC2C)nc2sccn12. The second-order valence-electron chi connectivity index (χ2n) is 4.72. The van der Waals surface area contributed by atoms with Crippen LogP contribution in [0.15, 0.2) is 16.6 Å². The lowest BCUT2D eigenvalue weighted by atomic mass is 10.3. The van der Waals surface area contributed by atoms with Crippen LogP contribution in [0.5, 0.6) is 0 Å². The predicted molar refractivity (Wildman–Crippen MR) is 80.1 cm³/mol. The van der Waals surface area contributed by atoms with Crippen molar-refractivity contribution in [2.24, 2.45) is 0 Å². The Morgan fingerprint density at radius 1 is 1.63 bits per heavy atom. The fraction of sp³-hybridized carbons (Fsp3) is 0.615. The van der Waals surface area contributed by atoms with Crippen molar-refractivity contribution in [1.82, 2.24) is 14.7 Å². The molecule has 0 saturated carbocycles. The fourth-order valence-electron chi connectivity index (χ4n) is 2.32. The maximum atomic E-state index is 5.65. The van der Waals surface area contributed by atoms with E-state index in [0.717, 1.165) is 36.1 Å². The van der Waals surface area contributed by atoms with Crippen LogP contribution in [0.25, 0.3) is 4.96 Å². The Hall–Kier alpha value is -0.560. The molecule has 0 radical (unpaired) electrons. The quantitative estimate of drug-likeness (QED) is 0.921. The van der Waals surface area contributed by atoms with Crippen molar-refractivity contribution in [2.75, 3.05) is 13.2 Å². The molecule has 2 unspecified atom stereocenters. The summed E-state index contributed by atoms with van der Waals surface area (Å²) >= 11 is 3.57. The van der Waals surface area contributed by atoms with E-state index < -0.39 is 0 Å². The standard InChI is InChI=1S/C13H19N3OS2/c1-3-14-8-10-12(15-13-16(10)5-7-18-13)19-11-4-6-17-9(11)2/h5,7,9,11,14H,3-4,6,8H2,1-2H3. The molecule has 1 N–H and O–H groups in total. The van der Waals surface area contributed by atoms with Gasteiger partial charge in [0.1, 0.15) is 5.03 Å². The van der Waals surface area contributed by atoms with Crippen molar-refractivity contribution in [3.63, 3.8) is 0 Å². The number of aromatic nitrogens is 2. The van der Waals surface area contributed by atoms with Crippen LogP contribution >= 0.6 is 23.1 Å². The molecule has 0 aromatic carbocycles. The summed E-state index contributed by atoms with van der Waals surface area (Å²) in [7, 11) is 0. The molecular weight excluding hydrogens is 278 g/mol. The van der Waals surface area contributed by atoms with E-state index in [1.54, 1.807) is 11.3 Å². The highest BCUT2D eigenvalue weighted by molar-refractivity contribution is 8.00. The number of thioether (sulfide) groups is 1. The minimum absolute atomic E-state index is 0.330. The van der Waals surface area contributed by atoms with Crippen molar-refractivity contribution in [2.45, 2.75) is 43.2 Å². The Morgan fingerprint density at radius 2 is 2.53 bits per heavy atom. The number of nitrogens with one attached hydrogen (secondary N) is 1. The highest BCUT2D eigenvalue weighted by atomic mass is 32.2. The molecule has 1 saturated heterocycles. The van der Waals surface area contributed by atoms with Gasteiger partial charge < -0.3 is 10.1 Å². The Balaban J connectivity index is 1.86. The number of nitrogens with zero attached hydrogens (tertiary/aromatic N) is 2. The van der Waals surface area contributed by atoms with Crippen LogP contribution in [-0.4, -0.2) is 33.9 Å². The molecule has 104 valence electrons. The molecule has 0 spiro atoms. The molecule has 0 amide bonds. The fourth-order valence-corrected chi connectivity index (χ4v) is 4.33. The maximum Gasteiger partial charge on any atom is 0.194 e. The first kappa shape index (κ1) is 13.4. The summed E-state index contributed by atoms with van der Waals surface area (Å²) in [5.74, 6) is 0. The van der Waals surface area contributed by atoms with Crippen LogP contribution in [0, 0.1) is 0 Å². The normalized spacial score (nSPS) is 23.5. The van der Waals surface area contributed by atoms with Crippen molar-refractivity contribution in [1.29, 1.82) is 0 Å². The molecule has 19 heavy (non-hydrogen) atoms. The van der Waals surface area contributed by atoms with Gasteiger partial charge in [0, 0.05) is 30.0 Å². The van der Waals surface area contributed by atoms with Crippen LogP contribution in [0.4, 0.5) is 0 Å². The van der Waals surface area contributed by atoms with Gasteiger partial charge in [-0.2, -0.15) is 0 Å². The van der Waals surface area contributed by atoms with Gasteiger partial charge in [-0.1, -0.05) is 18.7 Å². The second kappa shape index (κ2) is 5.83. The number of ether oxygens (including phenoxy) is 1. The third-order valence-electron chi connectivity index (χ3n) is 3.44. The molecule has 2 aromatic heterocycles. The van der Waals surface area contributed by atoms with E-state index in [9.17, 15) is 0 Å². The molecule has 1 aliphatic heterocycles. The van der Waals surface area contributed by atoms with Gasteiger partial charge in [0.15, 0.2) is 4.96 Å². The molecule has 1 aliphatic rings. The number of hydrogen-bond acceptors (Lipinski definition) is 5. The summed E-state index contributed by atoms with van der Waals surface area (Å²) in [4.78, 5) is 5.86. The zero-order chi connectivity index (χ0) is 13.2. The van der Waals surface area contributed by atoms with Gasteiger partial charge in [0.25, 0.3) is 0 Å². The van der Waals surface area contributed by atoms with Crippen LogP contribution in [0.1, 0.15) is 26.0 Å². The number of thiazole rings is 1. The number of fused-ring (bicyclic) bond motifs is 1. The summed E-state index contributed by atoms with van der Waals surface area (Å²) in [5.41, 5.74) is 1.28. The van der Waals surface area contributed by atoms with E-state index in [1.807, 2.05) is 11.8 Å². The molecule has 6 heteroatoms. The van der Waals surface area contributed by atoms with E-state index in [1.165, 1.54) is 5.69 Å². The van der Waals surface area contributed by atoms with Crippen molar-refractivity contribution < 1.29 is 4.74 Å². The molecule has 0 bridgehead atoms. The van der Waals surface area contributed by atoms with Crippen molar-refractivity contribution in [3.8, 4) is 0 Å². The first-order valence-corrected chi connectivity index (χ1v) is 8.49. The van der Waals surface area contributed by atoms with E-state index in [4.69, 9.17) is 9.72 Å². The Bertz CT molecular complexity index is 551. The van der Waals surface area contributed by atoms with Crippen LogP contribution < -0.4 is 5.32 Å². The highest BCUT2D eigenvalue weighted by Crippen LogP contribution is 2.35. The zero-order valence-electron chi connectivity index (χ0n) is 11.3. The average molecular weight is 297 g/mol. The summed E-state index contributed by atoms with van der Waals surface area (Å²) in [6.07, 6.45) is 3.56. The minimum Gasteiger partial charge on any atom is -0.377 e. The van der Waals surface area contributed by atoms with Gasteiger partial charge >= 0.3 is 0 Å². The summed E-state index contributed by atoms with van der Waals surface area (Å²) in [5, 5.41) is 7.19. The predicted octanol–water partition coefficient (Wildman–Crippen LogP) is 2.77. The number of imidazole rings is 1. The second-order valence-corrected chi connectivity index (χ2v) is 6.82. The monoisotopic (exact) mass is 297 g/mol. The summed E-state index contributed by atoms with van der Waals surface area (Å²) in [6.45, 7) is 7.02. The molecule has 2 aromatic rings. The van der Waals surface area contributed by atoms with E-state index in [0.29, 0.717) is 11.4 Å². The number of rotatable bonds is 5. The summed E-state index contributed by atoms with van der Waals surface area (Å²) < 4.78 is 7.85. The molecular formula is C13H19N3OS2. The third kappa shape index (κ3) is 2.67. The Labute approximate surface area is 121 Å². The summed E-state index contributed by atoms with van der Waals surface area (Å²) in [6, 6.07) is 0. The number of hydrogen-bond donors (Lipinski definition) is 1. The van der Waals surface area contributed by atoms with Gasteiger partial charge in [0.2, 0.25) is 0 Å². The van der Waals surface area contributed by atoms with Crippen molar-refractivity contribution >= 4 is 28.1 Å². The lowest BCUT2D eigenvalue weighted by Gasteiger charge is -2.13. The van der Waals surface area contributed by atoms with Gasteiger partial charge in [-0.05, 0) is 19.9 Å². The highest BCUT2D eigenvalue weighted by Gasteiger charge is 2.27. The molecule has 0 aliphatic carbocycles.